The van der Waals surface area contributed by atoms with E-state index in [-0.39, 0.29) is 6.04 Å². The van der Waals surface area contributed by atoms with Crippen LogP contribution in [0.25, 0.3) is 0 Å². The van der Waals surface area contributed by atoms with Crippen LogP contribution in [-0.2, 0) is 16.6 Å². The summed E-state index contributed by atoms with van der Waals surface area (Å²) in [6.07, 6.45) is 0. The zero-order valence-electron chi connectivity index (χ0n) is 13.6. The quantitative estimate of drug-likeness (QED) is 0.881. The van der Waals surface area contributed by atoms with Crippen LogP contribution in [0.15, 0.2) is 34.2 Å². The molecule has 0 radical (unpaired) electrons. The normalized spacial score (nSPS) is 15.5. The van der Waals surface area contributed by atoms with Gasteiger partial charge in [-0.05, 0) is 31.5 Å². The highest BCUT2D eigenvalue weighted by molar-refractivity contribution is 7.89. The molecule has 0 atom stereocenters. The number of likely N-dealkylation sites (N-methyl/N-ethyl adjacent to an activating group) is 1. The van der Waals surface area contributed by atoms with E-state index in [2.05, 4.69) is 15.2 Å². The minimum absolute atomic E-state index is 0.0674. The van der Waals surface area contributed by atoms with E-state index in [0.29, 0.717) is 11.4 Å². The Bertz CT molecular complexity index is 638. The average Bonchev–Trinajstić information content (AvgIpc) is 2.90. The first-order valence-electron chi connectivity index (χ1n) is 7.39. The molecule has 0 amide bonds. The Morgan fingerprint density at radius 1 is 1.32 bits per heavy atom. The predicted octanol–water partition coefficient (Wildman–Crippen LogP) is 1.11. The second-order valence-corrected chi connectivity index (χ2v) is 7.74. The van der Waals surface area contributed by atoms with Crippen molar-refractivity contribution in [3.05, 3.63) is 29.8 Å². The lowest BCUT2D eigenvalue weighted by Crippen LogP contribution is -2.35. The molecule has 1 heterocycles. The molecule has 0 aromatic heterocycles. The molecule has 7 heteroatoms. The Hall–Kier alpha value is -1.60. The molecule has 0 bridgehead atoms. The number of sulfonamides is 1. The summed E-state index contributed by atoms with van der Waals surface area (Å²) in [5.41, 5.74) is 1.02. The van der Waals surface area contributed by atoms with Crippen molar-refractivity contribution in [3.63, 3.8) is 0 Å². The fourth-order valence-electron chi connectivity index (χ4n) is 2.13. The Kier molecular flexibility index (Phi) is 5.08. The number of guanidine groups is 1. The third kappa shape index (κ3) is 3.59. The van der Waals surface area contributed by atoms with Gasteiger partial charge in [-0.2, -0.15) is 4.31 Å². The van der Waals surface area contributed by atoms with Gasteiger partial charge >= 0.3 is 0 Å². The van der Waals surface area contributed by atoms with Crippen molar-refractivity contribution >= 4 is 16.0 Å². The molecule has 0 fully saturated rings. The molecule has 2 rings (SSSR count). The van der Waals surface area contributed by atoms with Gasteiger partial charge in [0.2, 0.25) is 10.0 Å². The van der Waals surface area contributed by atoms with Gasteiger partial charge in [-0.25, -0.2) is 8.42 Å². The van der Waals surface area contributed by atoms with Gasteiger partial charge in [0, 0.05) is 33.2 Å². The first-order valence-corrected chi connectivity index (χ1v) is 8.83. The van der Waals surface area contributed by atoms with E-state index < -0.39 is 10.0 Å². The van der Waals surface area contributed by atoms with Crippen molar-refractivity contribution in [1.29, 1.82) is 0 Å². The molecule has 1 aliphatic heterocycles. The lowest BCUT2D eigenvalue weighted by Gasteiger charge is -2.21. The highest BCUT2D eigenvalue weighted by Gasteiger charge is 2.22. The van der Waals surface area contributed by atoms with Crippen LogP contribution in [0.3, 0.4) is 0 Å². The van der Waals surface area contributed by atoms with E-state index in [1.54, 1.807) is 19.2 Å². The van der Waals surface area contributed by atoms with Crippen LogP contribution in [0, 0.1) is 0 Å². The van der Waals surface area contributed by atoms with E-state index in [9.17, 15) is 8.42 Å². The second kappa shape index (κ2) is 6.66. The van der Waals surface area contributed by atoms with Crippen molar-refractivity contribution in [3.8, 4) is 0 Å². The van der Waals surface area contributed by atoms with Crippen LogP contribution in [-0.4, -0.2) is 56.8 Å². The van der Waals surface area contributed by atoms with Gasteiger partial charge in [0.25, 0.3) is 0 Å². The van der Waals surface area contributed by atoms with Gasteiger partial charge in [0.15, 0.2) is 5.96 Å². The highest BCUT2D eigenvalue weighted by Crippen LogP contribution is 2.17. The average molecular weight is 324 g/mol. The van der Waals surface area contributed by atoms with Crippen LogP contribution in [0.4, 0.5) is 0 Å². The van der Waals surface area contributed by atoms with Crippen molar-refractivity contribution in [2.75, 3.05) is 27.2 Å². The molecule has 0 saturated carbocycles. The van der Waals surface area contributed by atoms with Crippen LogP contribution in [0.1, 0.15) is 19.4 Å². The second-order valence-electron chi connectivity index (χ2n) is 5.74. The van der Waals surface area contributed by atoms with Crippen LogP contribution < -0.4 is 5.32 Å². The molecule has 1 aromatic rings. The molecular weight excluding hydrogens is 300 g/mol. The number of nitrogens with zero attached hydrogens (tertiary/aromatic N) is 3. The number of rotatable bonds is 5. The van der Waals surface area contributed by atoms with Gasteiger partial charge < -0.3 is 10.2 Å². The number of hydrogen-bond acceptors (Lipinski definition) is 5. The molecule has 1 aliphatic rings. The fourth-order valence-corrected chi connectivity index (χ4v) is 3.50. The zero-order chi connectivity index (χ0) is 16.3. The molecule has 122 valence electrons. The Balaban J connectivity index is 2.04. The lowest BCUT2D eigenvalue weighted by molar-refractivity contribution is 0.410. The molecule has 0 saturated heterocycles. The first kappa shape index (κ1) is 16.8. The van der Waals surface area contributed by atoms with Gasteiger partial charge in [0.05, 0.1) is 11.4 Å². The molecule has 0 aliphatic carbocycles. The Morgan fingerprint density at radius 3 is 2.45 bits per heavy atom. The lowest BCUT2D eigenvalue weighted by atomic mass is 10.2. The topological polar surface area (TPSA) is 65.0 Å². The summed E-state index contributed by atoms with van der Waals surface area (Å²) in [5.74, 6) is 0.885. The van der Waals surface area contributed by atoms with Crippen LogP contribution in [0.5, 0.6) is 0 Å². The van der Waals surface area contributed by atoms with E-state index in [4.69, 9.17) is 0 Å². The minimum atomic E-state index is -3.41. The predicted molar refractivity (Wildman–Crippen MR) is 88.3 cm³/mol. The summed E-state index contributed by atoms with van der Waals surface area (Å²) in [6, 6.07) is 6.92. The molecule has 1 N–H and O–H groups in total. The molecule has 22 heavy (non-hydrogen) atoms. The molecule has 1 aromatic carbocycles. The molecule has 0 spiro atoms. The largest absolute Gasteiger partial charge is 0.352 e. The van der Waals surface area contributed by atoms with Crippen molar-refractivity contribution < 1.29 is 8.42 Å². The summed E-state index contributed by atoms with van der Waals surface area (Å²) < 4.78 is 26.1. The number of nitrogens with one attached hydrogen (secondary N) is 1. The maximum atomic E-state index is 12.4. The minimum Gasteiger partial charge on any atom is -0.352 e. The van der Waals surface area contributed by atoms with Crippen molar-refractivity contribution in [2.24, 2.45) is 4.99 Å². The first-order chi connectivity index (χ1) is 10.3. The van der Waals surface area contributed by atoms with Crippen molar-refractivity contribution in [1.82, 2.24) is 14.5 Å². The third-order valence-corrected chi connectivity index (χ3v) is 5.88. The SMILES string of the molecule is CC(C)N(C)S(=O)(=O)c1ccc(CNC2=NCCN2C)cc1. The van der Waals surface area contributed by atoms with Crippen molar-refractivity contribution in [2.45, 2.75) is 31.3 Å². The van der Waals surface area contributed by atoms with Crippen LogP contribution >= 0.6 is 0 Å². The monoisotopic (exact) mass is 324 g/mol. The maximum Gasteiger partial charge on any atom is 0.243 e. The van der Waals surface area contributed by atoms with E-state index in [0.717, 1.165) is 24.6 Å². The van der Waals surface area contributed by atoms with Gasteiger partial charge in [-0.15, -0.1) is 0 Å². The maximum absolute atomic E-state index is 12.4. The van der Waals surface area contributed by atoms with E-state index in [1.165, 1.54) is 4.31 Å². The van der Waals surface area contributed by atoms with Gasteiger partial charge in [0.1, 0.15) is 0 Å². The summed E-state index contributed by atoms with van der Waals surface area (Å²) in [5, 5.41) is 3.26. The van der Waals surface area contributed by atoms with E-state index in [1.807, 2.05) is 33.0 Å². The summed E-state index contributed by atoms with van der Waals surface area (Å²) in [4.78, 5) is 6.75. The highest BCUT2D eigenvalue weighted by atomic mass is 32.2. The van der Waals surface area contributed by atoms with Gasteiger partial charge in [-0.3, -0.25) is 4.99 Å². The number of benzene rings is 1. The fraction of sp³-hybridized carbons (Fsp3) is 0.533. The van der Waals surface area contributed by atoms with Crippen LogP contribution in [0.2, 0.25) is 0 Å². The molecule has 6 nitrogen and oxygen atoms in total. The molecular formula is C15H24N4O2S. The Labute approximate surface area is 132 Å². The number of aliphatic imine (C=N–C) groups is 1. The number of hydrogen-bond donors (Lipinski definition) is 1. The standard InChI is InChI=1S/C15H24N4O2S/c1-12(2)19(4)22(20,21)14-7-5-13(6-8-14)11-17-15-16-9-10-18(15)3/h5-8,12H,9-11H2,1-4H3,(H,16,17). The van der Waals surface area contributed by atoms with E-state index >= 15 is 0 Å². The Morgan fingerprint density at radius 2 is 1.95 bits per heavy atom. The van der Waals surface area contributed by atoms with Gasteiger partial charge in [-0.1, -0.05) is 12.1 Å². The smallest absolute Gasteiger partial charge is 0.243 e. The molecule has 0 unspecified atom stereocenters. The third-order valence-electron chi connectivity index (χ3n) is 3.84. The summed E-state index contributed by atoms with van der Waals surface area (Å²) in [7, 11) is 0.184. The summed E-state index contributed by atoms with van der Waals surface area (Å²) >= 11 is 0. The zero-order valence-corrected chi connectivity index (χ0v) is 14.4. The summed E-state index contributed by atoms with van der Waals surface area (Å²) in [6.45, 7) is 6.09.